The number of rotatable bonds is 24. The van der Waals surface area contributed by atoms with Crippen LogP contribution < -0.4 is 0 Å². The van der Waals surface area contributed by atoms with Crippen molar-refractivity contribution in [1.29, 1.82) is 0 Å². The molecule has 0 aliphatic heterocycles. The quantitative estimate of drug-likeness (QED) is 0.0873. The average Bonchev–Trinajstić information content (AvgIpc) is 2.70. The molecule has 0 rings (SSSR count). The van der Waals surface area contributed by atoms with Gasteiger partial charge in [-0.15, -0.1) is 0 Å². The molecule has 29 heavy (non-hydrogen) atoms. The molecule has 0 fully saturated rings. The lowest BCUT2D eigenvalue weighted by atomic mass is 10.1. The highest BCUT2D eigenvalue weighted by Gasteiger charge is 2.14. The Morgan fingerprint density at radius 3 is 1.21 bits per heavy atom. The second-order valence-corrected chi connectivity index (χ2v) is 10.1. The first-order chi connectivity index (χ1) is 14.1. The van der Waals surface area contributed by atoms with Crippen molar-refractivity contribution in [3.63, 3.8) is 0 Å². The Hall–Kier alpha value is -0.0800. The van der Waals surface area contributed by atoms with E-state index < -0.39 is 0 Å². The zero-order valence-electron chi connectivity index (χ0n) is 21.1. The highest BCUT2D eigenvalue weighted by molar-refractivity contribution is 4.48. The molecule has 0 spiro atoms. The lowest BCUT2D eigenvalue weighted by molar-refractivity contribution is -0.909. The van der Waals surface area contributed by atoms with Crippen molar-refractivity contribution in [2.24, 2.45) is 0 Å². The van der Waals surface area contributed by atoms with Gasteiger partial charge in [0.05, 0.1) is 27.2 Å². The Bertz CT molecular complexity index is 303. The fourth-order valence-corrected chi connectivity index (χ4v) is 4.10. The van der Waals surface area contributed by atoms with Crippen LogP contribution in [0.1, 0.15) is 142 Å². The van der Waals surface area contributed by atoms with Crippen LogP contribution >= 0.6 is 0 Å². The van der Waals surface area contributed by atoms with Crippen molar-refractivity contribution in [3.05, 3.63) is 0 Å². The number of nitrogens with zero attached hydrogens (tertiary/aromatic N) is 1. The maximum absolute atomic E-state index is 5.98. The summed E-state index contributed by atoms with van der Waals surface area (Å²) in [7, 11) is 4.65. The molecule has 0 bridgehead atoms. The van der Waals surface area contributed by atoms with Crippen molar-refractivity contribution in [1.82, 2.24) is 0 Å². The maximum atomic E-state index is 5.98. The molecule has 0 aromatic heterocycles. The molecule has 0 atom stereocenters. The van der Waals surface area contributed by atoms with Gasteiger partial charge in [0.25, 0.3) is 0 Å². The van der Waals surface area contributed by atoms with Crippen molar-refractivity contribution in [2.45, 2.75) is 142 Å². The molecule has 0 N–H and O–H groups in total. The zero-order valence-corrected chi connectivity index (χ0v) is 21.1. The summed E-state index contributed by atoms with van der Waals surface area (Å²) in [4.78, 5) is 0. The van der Waals surface area contributed by atoms with Gasteiger partial charge in [-0.25, -0.2) is 0 Å². The molecule has 176 valence electrons. The minimum Gasteiger partial charge on any atom is -0.332 e. The third-order valence-corrected chi connectivity index (χ3v) is 6.20. The monoisotopic (exact) mass is 412 g/mol. The van der Waals surface area contributed by atoms with E-state index >= 15 is 0 Å². The predicted octanol–water partition coefficient (Wildman–Crippen LogP) is 8.88. The Morgan fingerprint density at radius 2 is 0.793 bits per heavy atom. The highest BCUT2D eigenvalue weighted by atomic mass is 16.5. The van der Waals surface area contributed by atoms with E-state index in [1.165, 1.54) is 135 Å². The highest BCUT2D eigenvalue weighted by Crippen LogP contribution is 2.13. The van der Waals surface area contributed by atoms with Gasteiger partial charge in [-0.1, -0.05) is 123 Å². The van der Waals surface area contributed by atoms with Crippen molar-refractivity contribution >= 4 is 0 Å². The normalized spacial score (nSPS) is 12.0. The van der Waals surface area contributed by atoms with Gasteiger partial charge >= 0.3 is 0 Å². The minimum atomic E-state index is 0.884. The molecule has 0 heterocycles. The zero-order chi connectivity index (χ0) is 21.5. The van der Waals surface area contributed by atoms with Gasteiger partial charge in [-0.05, 0) is 19.3 Å². The Balaban J connectivity index is 3.30. The smallest absolute Gasteiger partial charge is 0.182 e. The minimum absolute atomic E-state index is 0.884. The summed E-state index contributed by atoms with van der Waals surface area (Å²) in [5.41, 5.74) is 0. The van der Waals surface area contributed by atoms with Crippen LogP contribution in [0.5, 0.6) is 0 Å². The summed E-state index contributed by atoms with van der Waals surface area (Å²) in [5, 5.41) is 0. The van der Waals surface area contributed by atoms with Crippen molar-refractivity contribution in [3.8, 4) is 0 Å². The number of hydrogen-bond acceptors (Lipinski definition) is 1. The maximum Gasteiger partial charge on any atom is 0.182 e. The first-order valence-corrected chi connectivity index (χ1v) is 13.5. The molecule has 2 heteroatoms. The molecule has 0 aliphatic carbocycles. The van der Waals surface area contributed by atoms with Crippen LogP contribution in [-0.2, 0) is 4.74 Å². The molecule has 0 saturated carbocycles. The van der Waals surface area contributed by atoms with Crippen LogP contribution in [-0.4, -0.2) is 38.5 Å². The third-order valence-electron chi connectivity index (χ3n) is 6.20. The standard InChI is InChI=1S/C27H58NO/c1-5-7-9-11-13-15-17-19-21-23-25-28(3,4)27-29-26-24-22-20-18-16-14-12-10-8-6-2/h5-27H2,1-4H3/q+1. The van der Waals surface area contributed by atoms with E-state index in [1.807, 2.05) is 0 Å². The molecular weight excluding hydrogens is 354 g/mol. The van der Waals surface area contributed by atoms with Crippen LogP contribution in [0.3, 0.4) is 0 Å². The van der Waals surface area contributed by atoms with Crippen molar-refractivity contribution in [2.75, 3.05) is 34.0 Å². The van der Waals surface area contributed by atoms with Gasteiger partial charge in [0.1, 0.15) is 0 Å². The molecule has 0 amide bonds. The van der Waals surface area contributed by atoms with Gasteiger partial charge in [-0.2, -0.15) is 0 Å². The first-order valence-electron chi connectivity index (χ1n) is 13.5. The summed E-state index contributed by atoms with van der Waals surface area (Å²) in [6.07, 6.45) is 28.2. The fraction of sp³-hybridized carbons (Fsp3) is 1.00. The summed E-state index contributed by atoms with van der Waals surface area (Å²) in [6.45, 7) is 7.68. The lowest BCUT2D eigenvalue weighted by Gasteiger charge is -2.29. The Labute approximate surface area is 185 Å². The fourth-order valence-electron chi connectivity index (χ4n) is 4.10. The van der Waals surface area contributed by atoms with Crippen LogP contribution in [0.25, 0.3) is 0 Å². The van der Waals surface area contributed by atoms with Crippen LogP contribution in [0.4, 0.5) is 0 Å². The molecule has 0 aliphatic rings. The van der Waals surface area contributed by atoms with Gasteiger partial charge in [0.15, 0.2) is 6.73 Å². The second-order valence-electron chi connectivity index (χ2n) is 10.1. The van der Waals surface area contributed by atoms with Crippen LogP contribution in [0.2, 0.25) is 0 Å². The van der Waals surface area contributed by atoms with Crippen LogP contribution in [0, 0.1) is 0 Å². The summed E-state index contributed by atoms with van der Waals surface area (Å²) >= 11 is 0. The molecule has 0 radical (unpaired) electrons. The number of quaternary nitrogens is 1. The van der Waals surface area contributed by atoms with E-state index in [4.69, 9.17) is 4.74 Å². The summed E-state index contributed by atoms with van der Waals surface area (Å²) in [5.74, 6) is 0. The van der Waals surface area contributed by atoms with Gasteiger partial charge < -0.3 is 9.22 Å². The van der Waals surface area contributed by atoms with E-state index in [9.17, 15) is 0 Å². The van der Waals surface area contributed by atoms with E-state index in [0.29, 0.717) is 0 Å². The Kier molecular flexibility index (Phi) is 22.5. The molecule has 0 unspecified atom stereocenters. The summed E-state index contributed by atoms with van der Waals surface area (Å²) < 4.78 is 7.01. The second kappa shape index (κ2) is 22.6. The van der Waals surface area contributed by atoms with E-state index in [-0.39, 0.29) is 0 Å². The van der Waals surface area contributed by atoms with Gasteiger partial charge in [-0.3, -0.25) is 0 Å². The third kappa shape index (κ3) is 24.1. The number of hydrogen-bond donors (Lipinski definition) is 0. The van der Waals surface area contributed by atoms with E-state index in [0.717, 1.165) is 17.8 Å². The number of unbranched alkanes of at least 4 members (excludes halogenated alkanes) is 18. The summed E-state index contributed by atoms with van der Waals surface area (Å²) in [6, 6.07) is 0. The lowest BCUT2D eigenvalue weighted by Crippen LogP contribution is -2.42. The molecule has 2 nitrogen and oxygen atoms in total. The predicted molar refractivity (Wildman–Crippen MR) is 131 cm³/mol. The molecular formula is C27H58NO+. The van der Waals surface area contributed by atoms with Gasteiger partial charge in [0.2, 0.25) is 0 Å². The number of ether oxygens (including phenoxy) is 1. The van der Waals surface area contributed by atoms with Gasteiger partial charge in [0, 0.05) is 0 Å². The first kappa shape index (κ1) is 28.9. The van der Waals surface area contributed by atoms with E-state index in [2.05, 4.69) is 27.9 Å². The van der Waals surface area contributed by atoms with E-state index in [1.54, 1.807) is 0 Å². The SMILES string of the molecule is CCCCCCCCCCCCOC[N+](C)(C)CCCCCCCCCCCC. The Morgan fingerprint density at radius 1 is 0.448 bits per heavy atom. The molecule has 0 aromatic rings. The molecule has 0 aromatic carbocycles. The van der Waals surface area contributed by atoms with Crippen molar-refractivity contribution < 1.29 is 9.22 Å². The van der Waals surface area contributed by atoms with Crippen LogP contribution in [0.15, 0.2) is 0 Å². The average molecular weight is 413 g/mol. The molecule has 0 saturated heterocycles. The topological polar surface area (TPSA) is 9.23 Å². The largest absolute Gasteiger partial charge is 0.332 e.